The van der Waals surface area contributed by atoms with Crippen molar-refractivity contribution in [3.63, 3.8) is 0 Å². The van der Waals surface area contributed by atoms with Crippen LogP contribution in [0.2, 0.25) is 5.02 Å². The predicted octanol–water partition coefficient (Wildman–Crippen LogP) is 4.68. The summed E-state index contributed by atoms with van der Waals surface area (Å²) >= 11 is 5.97. The third-order valence-corrected chi connectivity index (χ3v) is 5.57. The molecule has 32 heavy (non-hydrogen) atoms. The summed E-state index contributed by atoms with van der Waals surface area (Å²) in [5.74, 6) is 0.141. The van der Waals surface area contributed by atoms with Gasteiger partial charge in [0.15, 0.2) is 5.75 Å². The first-order valence-electron chi connectivity index (χ1n) is 10.2. The lowest BCUT2D eigenvalue weighted by Gasteiger charge is -2.40. The third kappa shape index (κ3) is 4.24. The van der Waals surface area contributed by atoms with Crippen LogP contribution in [0.25, 0.3) is 5.57 Å². The van der Waals surface area contributed by atoms with Crippen molar-refractivity contribution in [2.45, 2.75) is 26.3 Å². The fourth-order valence-corrected chi connectivity index (χ4v) is 4.14. The molecule has 2 aliphatic rings. The first-order valence-corrected chi connectivity index (χ1v) is 10.6. The molecule has 7 nitrogen and oxygen atoms in total. The molecule has 164 valence electrons. The Kier molecular flexibility index (Phi) is 6.01. The van der Waals surface area contributed by atoms with Gasteiger partial charge < -0.3 is 15.4 Å². The number of hydrogen-bond acceptors (Lipinski definition) is 5. The number of anilines is 2. The monoisotopic (exact) mass is 450 g/mol. The van der Waals surface area contributed by atoms with Crippen LogP contribution in [0, 0.1) is 0 Å². The lowest BCUT2D eigenvalue weighted by molar-refractivity contribution is -0.117. The Balaban J connectivity index is 1.77. The second-order valence-electron chi connectivity index (χ2n) is 7.69. The number of allylic oxidation sites excluding steroid dienone is 5. The lowest BCUT2D eigenvalue weighted by Crippen LogP contribution is -2.52. The van der Waals surface area contributed by atoms with Crippen LogP contribution in [0.3, 0.4) is 0 Å². The summed E-state index contributed by atoms with van der Waals surface area (Å²) in [5.41, 5.74) is 9.94. The SMILES string of the molecule is CC(=O)N1c2ccc(C3=C(N)CC=CC=C3)cc2N(C(=O)Oc2cncc(Cl)c2)C[C@@H]1C. The molecule has 2 N–H and O–H groups in total. The van der Waals surface area contributed by atoms with Crippen molar-refractivity contribution in [2.75, 3.05) is 16.3 Å². The van der Waals surface area contributed by atoms with Crippen LogP contribution < -0.4 is 20.3 Å². The highest BCUT2D eigenvalue weighted by atomic mass is 35.5. The Morgan fingerprint density at radius 3 is 2.75 bits per heavy atom. The van der Waals surface area contributed by atoms with E-state index in [9.17, 15) is 9.59 Å². The molecular formula is C24H23ClN4O3. The maximum Gasteiger partial charge on any atom is 0.419 e. The van der Waals surface area contributed by atoms with Gasteiger partial charge in [-0.2, -0.15) is 0 Å². The molecule has 1 aliphatic heterocycles. The van der Waals surface area contributed by atoms with Crippen molar-refractivity contribution in [2.24, 2.45) is 5.73 Å². The van der Waals surface area contributed by atoms with Crippen LogP contribution >= 0.6 is 11.6 Å². The van der Waals surface area contributed by atoms with E-state index in [0.717, 1.165) is 16.8 Å². The average molecular weight is 451 g/mol. The van der Waals surface area contributed by atoms with Crippen LogP contribution in [0.1, 0.15) is 25.8 Å². The summed E-state index contributed by atoms with van der Waals surface area (Å²) in [7, 11) is 0. The molecule has 2 amide bonds. The molecular weight excluding hydrogens is 428 g/mol. The zero-order chi connectivity index (χ0) is 22.8. The molecule has 1 aliphatic carbocycles. The van der Waals surface area contributed by atoms with Crippen molar-refractivity contribution in [3.05, 3.63) is 77.2 Å². The molecule has 0 saturated heterocycles. The molecule has 1 atom stereocenters. The average Bonchev–Trinajstić information content (AvgIpc) is 2.96. The van der Waals surface area contributed by atoms with Gasteiger partial charge in [-0.15, -0.1) is 0 Å². The number of benzene rings is 1. The second-order valence-corrected chi connectivity index (χ2v) is 8.13. The van der Waals surface area contributed by atoms with Gasteiger partial charge in [0.25, 0.3) is 0 Å². The van der Waals surface area contributed by atoms with Crippen LogP contribution in [0.5, 0.6) is 5.75 Å². The summed E-state index contributed by atoms with van der Waals surface area (Å²) in [6.07, 6.45) is 10.7. The normalized spacial score (nSPS) is 17.8. The van der Waals surface area contributed by atoms with Crippen LogP contribution in [0.15, 0.2) is 66.7 Å². The van der Waals surface area contributed by atoms with E-state index in [1.807, 2.05) is 49.4 Å². The summed E-state index contributed by atoms with van der Waals surface area (Å²) in [6.45, 7) is 3.68. The second kappa shape index (κ2) is 8.88. The zero-order valence-corrected chi connectivity index (χ0v) is 18.5. The Morgan fingerprint density at radius 1 is 1.19 bits per heavy atom. The van der Waals surface area contributed by atoms with Crippen LogP contribution in [0.4, 0.5) is 16.2 Å². The van der Waals surface area contributed by atoms with Crippen molar-refractivity contribution >= 4 is 40.5 Å². The van der Waals surface area contributed by atoms with E-state index < -0.39 is 6.09 Å². The minimum Gasteiger partial charge on any atom is -0.408 e. The summed E-state index contributed by atoms with van der Waals surface area (Å²) in [6, 6.07) is 6.91. The largest absolute Gasteiger partial charge is 0.419 e. The highest BCUT2D eigenvalue weighted by Gasteiger charge is 2.35. The fourth-order valence-electron chi connectivity index (χ4n) is 3.97. The number of amides is 2. The molecule has 0 bridgehead atoms. The lowest BCUT2D eigenvalue weighted by atomic mass is 9.98. The molecule has 1 aromatic heterocycles. The Labute approximate surface area is 191 Å². The number of fused-ring (bicyclic) bond motifs is 1. The number of hydrogen-bond donors (Lipinski definition) is 1. The Morgan fingerprint density at radius 2 is 2.00 bits per heavy atom. The van der Waals surface area contributed by atoms with E-state index in [2.05, 4.69) is 4.98 Å². The number of nitrogens with two attached hydrogens (primary N) is 1. The van der Waals surface area contributed by atoms with E-state index in [4.69, 9.17) is 22.1 Å². The molecule has 2 aromatic rings. The molecule has 2 heterocycles. The standard InChI is InChI=1S/C24H23ClN4O3/c1-15-14-28(24(31)32-19-11-18(25)12-27-13-19)23-10-17(8-9-22(23)29(15)16(2)30)20-6-4-3-5-7-21(20)26/h3-6,8-13,15H,7,14,26H2,1-2H3/t15-/m0/s1. The first kappa shape index (κ1) is 21.6. The maximum absolute atomic E-state index is 13.1. The number of pyridine rings is 1. The first-order chi connectivity index (χ1) is 15.3. The fraction of sp³-hybridized carbons (Fsp3) is 0.208. The number of carbonyl (C=O) groups is 2. The smallest absolute Gasteiger partial charge is 0.408 e. The summed E-state index contributed by atoms with van der Waals surface area (Å²) in [5, 5.41) is 0.365. The van der Waals surface area contributed by atoms with E-state index in [0.29, 0.717) is 22.8 Å². The summed E-state index contributed by atoms with van der Waals surface area (Å²) < 4.78 is 5.54. The predicted molar refractivity (Wildman–Crippen MR) is 126 cm³/mol. The van der Waals surface area contributed by atoms with Gasteiger partial charge in [-0.3, -0.25) is 14.7 Å². The number of carbonyl (C=O) groups excluding carboxylic acids is 2. The molecule has 4 rings (SSSR count). The molecule has 0 saturated carbocycles. The summed E-state index contributed by atoms with van der Waals surface area (Å²) in [4.78, 5) is 32.7. The van der Waals surface area contributed by atoms with E-state index in [1.54, 1.807) is 4.90 Å². The number of nitrogens with zero attached hydrogens (tertiary/aromatic N) is 3. The quantitative estimate of drug-likeness (QED) is 0.717. The van der Waals surface area contributed by atoms with Crippen molar-refractivity contribution in [1.82, 2.24) is 4.98 Å². The highest BCUT2D eigenvalue weighted by molar-refractivity contribution is 6.30. The van der Waals surface area contributed by atoms with E-state index >= 15 is 0 Å². The van der Waals surface area contributed by atoms with Gasteiger partial charge in [-0.05, 0) is 24.6 Å². The zero-order valence-electron chi connectivity index (χ0n) is 17.8. The molecule has 0 unspecified atom stereocenters. The molecule has 0 fully saturated rings. The van der Waals surface area contributed by atoms with Gasteiger partial charge in [-0.1, -0.05) is 42.0 Å². The van der Waals surface area contributed by atoms with Gasteiger partial charge in [0.1, 0.15) is 0 Å². The van der Waals surface area contributed by atoms with Crippen molar-refractivity contribution in [1.29, 1.82) is 0 Å². The third-order valence-electron chi connectivity index (χ3n) is 5.36. The molecule has 0 spiro atoms. The van der Waals surface area contributed by atoms with Gasteiger partial charge in [-0.25, -0.2) is 4.79 Å². The van der Waals surface area contributed by atoms with E-state index in [-0.39, 0.29) is 24.2 Å². The van der Waals surface area contributed by atoms with Gasteiger partial charge in [0, 0.05) is 43.4 Å². The van der Waals surface area contributed by atoms with Gasteiger partial charge >= 0.3 is 6.09 Å². The molecule has 0 radical (unpaired) electrons. The molecule has 8 heteroatoms. The van der Waals surface area contributed by atoms with Crippen LogP contribution in [-0.4, -0.2) is 29.6 Å². The van der Waals surface area contributed by atoms with Gasteiger partial charge in [0.2, 0.25) is 5.91 Å². The van der Waals surface area contributed by atoms with Gasteiger partial charge in [0.05, 0.1) is 28.6 Å². The van der Waals surface area contributed by atoms with E-state index in [1.165, 1.54) is 30.3 Å². The number of aromatic nitrogens is 1. The highest BCUT2D eigenvalue weighted by Crippen LogP contribution is 2.39. The topological polar surface area (TPSA) is 88.8 Å². The number of ether oxygens (including phenoxy) is 1. The van der Waals surface area contributed by atoms with Crippen molar-refractivity contribution < 1.29 is 14.3 Å². The molecule has 1 aromatic carbocycles. The number of rotatable bonds is 2. The Bertz CT molecular complexity index is 1170. The van der Waals surface area contributed by atoms with Crippen LogP contribution in [-0.2, 0) is 4.79 Å². The Hall–Kier alpha value is -3.58. The number of halogens is 1. The minimum absolute atomic E-state index is 0.101. The maximum atomic E-state index is 13.1. The minimum atomic E-state index is -0.581. The van der Waals surface area contributed by atoms with Crippen molar-refractivity contribution in [3.8, 4) is 5.75 Å².